The second-order valence-corrected chi connectivity index (χ2v) is 4.55. The summed E-state index contributed by atoms with van der Waals surface area (Å²) in [5.41, 5.74) is 1.72. The fourth-order valence-electron chi connectivity index (χ4n) is 1.72. The molecule has 4 nitrogen and oxygen atoms in total. The number of methoxy groups -OCH3 is 1. The van der Waals surface area contributed by atoms with Crippen LogP contribution in [0.15, 0.2) is 10.5 Å². The molecule has 0 saturated heterocycles. The molecule has 18 heavy (non-hydrogen) atoms. The molecule has 1 aromatic carbocycles. The van der Waals surface area contributed by atoms with Gasteiger partial charge in [0.15, 0.2) is 0 Å². The second-order valence-electron chi connectivity index (χ2n) is 3.76. The van der Waals surface area contributed by atoms with E-state index in [1.165, 1.54) is 0 Å². The van der Waals surface area contributed by atoms with Gasteiger partial charge in [-0.3, -0.25) is 4.79 Å². The SMILES string of the molecule is CCOC(=O)C(=O)c1c(C)cc(OC)c(Br)c1C. The largest absolute Gasteiger partial charge is 0.496 e. The lowest BCUT2D eigenvalue weighted by Crippen LogP contribution is -2.20. The van der Waals surface area contributed by atoms with Gasteiger partial charge in [0.2, 0.25) is 0 Å². The minimum atomic E-state index is -0.833. The Morgan fingerprint density at radius 1 is 1.33 bits per heavy atom. The van der Waals surface area contributed by atoms with Gasteiger partial charge in [0.25, 0.3) is 5.78 Å². The molecule has 0 fully saturated rings. The Morgan fingerprint density at radius 3 is 2.44 bits per heavy atom. The monoisotopic (exact) mass is 314 g/mol. The number of carbonyl (C=O) groups is 2. The van der Waals surface area contributed by atoms with Crippen LogP contribution in [-0.2, 0) is 9.53 Å². The van der Waals surface area contributed by atoms with Crippen LogP contribution in [0.4, 0.5) is 0 Å². The van der Waals surface area contributed by atoms with Crippen molar-refractivity contribution in [1.82, 2.24) is 0 Å². The Labute approximate surface area is 114 Å². The first-order chi connectivity index (χ1) is 8.43. The van der Waals surface area contributed by atoms with Crippen molar-refractivity contribution in [1.29, 1.82) is 0 Å². The second kappa shape index (κ2) is 6.00. The van der Waals surface area contributed by atoms with Gasteiger partial charge in [0, 0.05) is 5.56 Å². The minimum Gasteiger partial charge on any atom is -0.496 e. The topological polar surface area (TPSA) is 52.6 Å². The van der Waals surface area contributed by atoms with E-state index in [9.17, 15) is 9.59 Å². The van der Waals surface area contributed by atoms with Crippen LogP contribution in [0.3, 0.4) is 0 Å². The van der Waals surface area contributed by atoms with Crippen LogP contribution in [0.2, 0.25) is 0 Å². The smallest absolute Gasteiger partial charge is 0.379 e. The summed E-state index contributed by atoms with van der Waals surface area (Å²) in [7, 11) is 1.55. The third-order valence-corrected chi connectivity index (χ3v) is 3.56. The lowest BCUT2D eigenvalue weighted by molar-refractivity contribution is -0.137. The number of benzene rings is 1. The highest BCUT2D eigenvalue weighted by Crippen LogP contribution is 2.33. The molecule has 98 valence electrons. The van der Waals surface area contributed by atoms with E-state index >= 15 is 0 Å². The molecule has 0 N–H and O–H groups in total. The van der Waals surface area contributed by atoms with Gasteiger partial charge < -0.3 is 9.47 Å². The highest BCUT2D eigenvalue weighted by Gasteiger charge is 2.24. The van der Waals surface area contributed by atoms with Gasteiger partial charge in [-0.1, -0.05) is 0 Å². The van der Waals surface area contributed by atoms with Gasteiger partial charge in [0.05, 0.1) is 18.2 Å². The fourth-order valence-corrected chi connectivity index (χ4v) is 2.19. The predicted molar refractivity (Wildman–Crippen MR) is 71.1 cm³/mol. The Morgan fingerprint density at radius 2 is 1.94 bits per heavy atom. The zero-order valence-corrected chi connectivity index (χ0v) is 12.4. The number of aryl methyl sites for hydroxylation is 1. The molecule has 0 aromatic heterocycles. The van der Waals surface area contributed by atoms with Crippen molar-refractivity contribution >= 4 is 27.7 Å². The number of carbonyl (C=O) groups excluding carboxylic acids is 2. The highest BCUT2D eigenvalue weighted by atomic mass is 79.9. The van der Waals surface area contributed by atoms with E-state index in [0.717, 1.165) is 0 Å². The quantitative estimate of drug-likeness (QED) is 0.487. The van der Waals surface area contributed by atoms with E-state index in [0.29, 0.717) is 26.9 Å². The summed E-state index contributed by atoms with van der Waals surface area (Å²) >= 11 is 3.35. The molecule has 0 unspecified atom stereocenters. The number of hydrogen-bond acceptors (Lipinski definition) is 4. The lowest BCUT2D eigenvalue weighted by Gasteiger charge is -2.13. The molecule has 0 amide bonds. The lowest BCUT2D eigenvalue weighted by atomic mass is 9.98. The van der Waals surface area contributed by atoms with Crippen LogP contribution in [0.5, 0.6) is 5.75 Å². The van der Waals surface area contributed by atoms with Crippen molar-refractivity contribution < 1.29 is 19.1 Å². The van der Waals surface area contributed by atoms with E-state index in [2.05, 4.69) is 15.9 Å². The third-order valence-electron chi connectivity index (χ3n) is 2.57. The Bertz CT molecular complexity index is 494. The van der Waals surface area contributed by atoms with Crippen molar-refractivity contribution in [3.8, 4) is 5.75 Å². The van der Waals surface area contributed by atoms with Crippen molar-refractivity contribution in [3.05, 3.63) is 27.2 Å². The zero-order chi connectivity index (χ0) is 13.9. The molecule has 0 radical (unpaired) electrons. The first-order valence-electron chi connectivity index (χ1n) is 5.49. The van der Waals surface area contributed by atoms with Crippen LogP contribution >= 0.6 is 15.9 Å². The summed E-state index contributed by atoms with van der Waals surface area (Å²) < 4.78 is 10.6. The summed E-state index contributed by atoms with van der Waals surface area (Å²) in [5, 5.41) is 0. The van der Waals surface area contributed by atoms with Gasteiger partial charge in [-0.05, 0) is 53.9 Å². The minimum absolute atomic E-state index is 0.181. The Hall–Kier alpha value is -1.36. The summed E-state index contributed by atoms with van der Waals surface area (Å²) in [6, 6.07) is 1.71. The van der Waals surface area contributed by atoms with Crippen LogP contribution < -0.4 is 4.74 Å². The number of Topliss-reactive ketones (excluding diaryl/α,β-unsaturated/α-hetero) is 1. The predicted octanol–water partition coefficient (Wildman–Crippen LogP) is 2.82. The van der Waals surface area contributed by atoms with Crippen molar-refractivity contribution in [2.75, 3.05) is 13.7 Å². The number of ketones is 1. The van der Waals surface area contributed by atoms with Crippen LogP contribution in [0, 0.1) is 13.8 Å². The van der Waals surface area contributed by atoms with E-state index in [1.54, 1.807) is 33.9 Å². The normalized spacial score (nSPS) is 10.1. The summed E-state index contributed by atoms with van der Waals surface area (Å²) in [4.78, 5) is 23.5. The Kier molecular flexibility index (Phi) is 4.90. The Balaban J connectivity index is 3.30. The third kappa shape index (κ3) is 2.72. The van der Waals surface area contributed by atoms with Gasteiger partial charge in [-0.25, -0.2) is 4.79 Å². The average molecular weight is 315 g/mol. The molecule has 0 spiro atoms. The molecule has 0 bridgehead atoms. The number of rotatable bonds is 4. The number of hydrogen-bond donors (Lipinski definition) is 0. The molecule has 1 aromatic rings. The van der Waals surface area contributed by atoms with Gasteiger partial charge in [-0.15, -0.1) is 0 Å². The van der Waals surface area contributed by atoms with Crippen LogP contribution in [-0.4, -0.2) is 25.5 Å². The number of ether oxygens (including phenoxy) is 2. The number of halogens is 1. The maximum Gasteiger partial charge on any atom is 0.379 e. The standard InChI is InChI=1S/C13H15BrO4/c1-5-18-13(16)12(15)10-7(2)6-9(17-4)11(14)8(10)3/h6H,5H2,1-4H3. The van der Waals surface area contributed by atoms with E-state index in [-0.39, 0.29) is 6.61 Å². The van der Waals surface area contributed by atoms with Crippen molar-refractivity contribution in [2.45, 2.75) is 20.8 Å². The molecule has 5 heteroatoms. The summed E-state index contributed by atoms with van der Waals surface area (Å²) in [6.45, 7) is 5.36. The van der Waals surface area contributed by atoms with Gasteiger partial charge in [0.1, 0.15) is 5.75 Å². The average Bonchev–Trinajstić information content (AvgIpc) is 2.34. The van der Waals surface area contributed by atoms with Crippen LogP contribution in [0.25, 0.3) is 0 Å². The maximum atomic E-state index is 12.0. The van der Waals surface area contributed by atoms with E-state index in [1.807, 2.05) is 0 Å². The molecule has 0 heterocycles. The van der Waals surface area contributed by atoms with Crippen molar-refractivity contribution in [3.63, 3.8) is 0 Å². The van der Waals surface area contributed by atoms with E-state index in [4.69, 9.17) is 9.47 Å². The summed E-state index contributed by atoms with van der Waals surface area (Å²) in [6.07, 6.45) is 0. The first kappa shape index (κ1) is 14.7. The molecule has 1 rings (SSSR count). The molecule has 0 aliphatic rings. The zero-order valence-electron chi connectivity index (χ0n) is 10.8. The number of esters is 1. The van der Waals surface area contributed by atoms with Crippen LogP contribution in [0.1, 0.15) is 28.4 Å². The highest BCUT2D eigenvalue weighted by molar-refractivity contribution is 9.10. The summed E-state index contributed by atoms with van der Waals surface area (Å²) in [5.74, 6) is -0.832. The van der Waals surface area contributed by atoms with Crippen molar-refractivity contribution in [2.24, 2.45) is 0 Å². The van der Waals surface area contributed by atoms with E-state index < -0.39 is 11.8 Å². The molecule has 0 saturated carbocycles. The van der Waals surface area contributed by atoms with Gasteiger partial charge in [-0.2, -0.15) is 0 Å². The molecular weight excluding hydrogens is 300 g/mol. The molecular formula is C13H15BrO4. The fraction of sp³-hybridized carbons (Fsp3) is 0.385. The molecule has 0 aliphatic heterocycles. The van der Waals surface area contributed by atoms with Gasteiger partial charge >= 0.3 is 5.97 Å². The first-order valence-corrected chi connectivity index (χ1v) is 6.28. The molecule has 0 atom stereocenters. The molecule has 0 aliphatic carbocycles. The maximum absolute atomic E-state index is 12.0.